The SMILES string of the molecule is C=C(C)[C@@H]1CC[C@]2(C(=O)OC)CC[C@]3(C)[C@H](CC[C@@H]4[C@@]5(C)CC[C@H](OC(=O)CCC)C(C)(C)[C@@H]5CC[C@]43C)[C@@H]12. The van der Waals surface area contributed by atoms with Gasteiger partial charge in [-0.2, -0.15) is 0 Å². The zero-order valence-electron chi connectivity index (χ0n) is 26.3. The summed E-state index contributed by atoms with van der Waals surface area (Å²) in [4.78, 5) is 26.0. The van der Waals surface area contributed by atoms with Crippen LogP contribution in [0.1, 0.15) is 126 Å². The van der Waals surface area contributed by atoms with Gasteiger partial charge >= 0.3 is 11.9 Å². The highest BCUT2D eigenvalue weighted by molar-refractivity contribution is 5.78. The van der Waals surface area contributed by atoms with E-state index in [1.807, 2.05) is 6.92 Å². The van der Waals surface area contributed by atoms with Gasteiger partial charge in [0.25, 0.3) is 0 Å². The van der Waals surface area contributed by atoms with E-state index in [9.17, 15) is 9.59 Å². The lowest BCUT2D eigenvalue weighted by Gasteiger charge is -2.72. The molecule has 5 saturated carbocycles. The van der Waals surface area contributed by atoms with Gasteiger partial charge in [0.2, 0.25) is 0 Å². The summed E-state index contributed by atoms with van der Waals surface area (Å²) in [5.74, 6) is 2.56. The number of hydrogen-bond acceptors (Lipinski definition) is 4. The summed E-state index contributed by atoms with van der Waals surface area (Å²) in [6, 6.07) is 0. The van der Waals surface area contributed by atoms with Crippen molar-refractivity contribution in [2.45, 2.75) is 132 Å². The Labute approximate surface area is 238 Å². The summed E-state index contributed by atoms with van der Waals surface area (Å²) >= 11 is 0. The van der Waals surface area contributed by atoms with Crippen LogP contribution in [-0.4, -0.2) is 25.2 Å². The standard InChI is InChI=1S/C35H56O4/c1-10-11-28(36)39-27-16-17-32(6)25(31(27,4)5)15-18-34(8)26(32)13-12-24-29-23(22(2)3)14-19-35(29,30(37)38-9)21-20-33(24,34)7/h23-27,29H,2,10-21H2,1,3-9H3/t23-,24+,25-,26+,27-,29+,32-,33+,34+,35-/m0/s1. The number of esters is 2. The van der Waals surface area contributed by atoms with Crippen LogP contribution in [0.3, 0.4) is 0 Å². The zero-order chi connectivity index (χ0) is 28.6. The highest BCUT2D eigenvalue weighted by Crippen LogP contribution is 2.77. The Morgan fingerprint density at radius 2 is 1.56 bits per heavy atom. The zero-order valence-corrected chi connectivity index (χ0v) is 26.3. The predicted octanol–water partition coefficient (Wildman–Crippen LogP) is 8.53. The van der Waals surface area contributed by atoms with E-state index in [0.717, 1.165) is 44.9 Å². The molecule has 0 aromatic carbocycles. The number of carbonyl (C=O) groups is 2. The summed E-state index contributed by atoms with van der Waals surface area (Å²) in [5.41, 5.74) is 1.62. The van der Waals surface area contributed by atoms with E-state index in [-0.39, 0.29) is 45.1 Å². The third-order valence-corrected chi connectivity index (χ3v) is 14.3. The van der Waals surface area contributed by atoms with Crippen LogP contribution in [0, 0.1) is 56.7 Å². The first-order valence-electron chi connectivity index (χ1n) is 16.2. The highest BCUT2D eigenvalue weighted by atomic mass is 16.5. The van der Waals surface area contributed by atoms with Crippen molar-refractivity contribution >= 4 is 11.9 Å². The van der Waals surface area contributed by atoms with E-state index in [2.05, 4.69) is 48.1 Å². The third kappa shape index (κ3) is 3.88. The lowest BCUT2D eigenvalue weighted by molar-refractivity contribution is -0.250. The Kier molecular flexibility index (Phi) is 7.20. The first-order valence-corrected chi connectivity index (χ1v) is 16.2. The average molecular weight is 541 g/mol. The molecule has 10 atom stereocenters. The fraction of sp³-hybridized carbons (Fsp3) is 0.886. The summed E-state index contributed by atoms with van der Waals surface area (Å²) in [6.45, 7) is 21.3. The van der Waals surface area contributed by atoms with Crippen molar-refractivity contribution in [1.29, 1.82) is 0 Å². The van der Waals surface area contributed by atoms with Crippen molar-refractivity contribution in [3.8, 4) is 0 Å². The van der Waals surface area contributed by atoms with Crippen LogP contribution in [0.4, 0.5) is 0 Å². The summed E-state index contributed by atoms with van der Waals surface area (Å²) in [6.07, 6.45) is 12.5. The molecular weight excluding hydrogens is 484 g/mol. The van der Waals surface area contributed by atoms with Crippen molar-refractivity contribution in [3.05, 3.63) is 12.2 Å². The molecule has 0 amide bonds. The van der Waals surface area contributed by atoms with E-state index in [0.29, 0.717) is 36.0 Å². The Hall–Kier alpha value is -1.32. The van der Waals surface area contributed by atoms with Crippen LogP contribution in [0.2, 0.25) is 0 Å². The second kappa shape index (κ2) is 9.62. The Bertz CT molecular complexity index is 1010. The second-order valence-electron chi connectivity index (χ2n) is 15.9. The van der Waals surface area contributed by atoms with Gasteiger partial charge in [-0.05, 0) is 123 Å². The van der Waals surface area contributed by atoms with E-state index in [1.54, 1.807) is 7.11 Å². The first kappa shape index (κ1) is 29.2. The maximum Gasteiger partial charge on any atom is 0.312 e. The molecule has 0 N–H and O–H groups in total. The fourth-order valence-electron chi connectivity index (χ4n) is 12.3. The minimum atomic E-state index is -0.324. The topological polar surface area (TPSA) is 52.6 Å². The third-order valence-electron chi connectivity index (χ3n) is 14.3. The molecule has 5 rings (SSSR count). The van der Waals surface area contributed by atoms with E-state index in [1.165, 1.54) is 31.3 Å². The molecule has 39 heavy (non-hydrogen) atoms. The second-order valence-corrected chi connectivity index (χ2v) is 15.9. The van der Waals surface area contributed by atoms with Gasteiger partial charge in [-0.1, -0.05) is 53.7 Å². The van der Waals surface area contributed by atoms with Gasteiger partial charge in [-0.3, -0.25) is 9.59 Å². The van der Waals surface area contributed by atoms with Gasteiger partial charge < -0.3 is 9.47 Å². The maximum atomic E-state index is 13.5. The van der Waals surface area contributed by atoms with E-state index < -0.39 is 0 Å². The van der Waals surface area contributed by atoms with Crippen molar-refractivity contribution in [1.82, 2.24) is 0 Å². The quantitative estimate of drug-likeness (QED) is 0.259. The number of hydrogen-bond donors (Lipinski definition) is 0. The van der Waals surface area contributed by atoms with Crippen LogP contribution < -0.4 is 0 Å². The Balaban J connectivity index is 1.48. The largest absolute Gasteiger partial charge is 0.469 e. The van der Waals surface area contributed by atoms with Crippen LogP contribution >= 0.6 is 0 Å². The lowest BCUT2D eigenvalue weighted by Crippen LogP contribution is -2.67. The molecular formula is C35H56O4. The molecule has 220 valence electrons. The number of ether oxygens (including phenoxy) is 2. The van der Waals surface area contributed by atoms with E-state index in [4.69, 9.17) is 9.47 Å². The minimum Gasteiger partial charge on any atom is -0.469 e. The van der Waals surface area contributed by atoms with Crippen molar-refractivity contribution in [3.63, 3.8) is 0 Å². The molecule has 4 heteroatoms. The monoisotopic (exact) mass is 540 g/mol. The van der Waals surface area contributed by atoms with Crippen molar-refractivity contribution < 1.29 is 19.1 Å². The molecule has 5 aliphatic rings. The average Bonchev–Trinajstić information content (AvgIpc) is 3.27. The highest BCUT2D eigenvalue weighted by Gasteiger charge is 2.72. The molecule has 0 saturated heterocycles. The maximum absolute atomic E-state index is 13.5. The number of rotatable bonds is 5. The van der Waals surface area contributed by atoms with E-state index >= 15 is 0 Å². The summed E-state index contributed by atoms with van der Waals surface area (Å²) < 4.78 is 11.7. The van der Waals surface area contributed by atoms with Crippen LogP contribution in [-0.2, 0) is 19.1 Å². The number of carbonyl (C=O) groups excluding carboxylic acids is 2. The normalized spacial score (nSPS) is 48.1. The number of methoxy groups -OCH3 is 1. The first-order chi connectivity index (χ1) is 18.2. The molecule has 0 aromatic heterocycles. The molecule has 5 fully saturated rings. The smallest absolute Gasteiger partial charge is 0.312 e. The molecule has 0 spiro atoms. The van der Waals surface area contributed by atoms with Gasteiger partial charge in [0.15, 0.2) is 0 Å². The number of fused-ring (bicyclic) bond motifs is 7. The minimum absolute atomic E-state index is 0.0153. The van der Waals surface area contributed by atoms with Gasteiger partial charge in [-0.25, -0.2) is 0 Å². The molecule has 0 bridgehead atoms. The molecule has 0 aliphatic heterocycles. The van der Waals surface area contributed by atoms with Crippen LogP contribution in [0.5, 0.6) is 0 Å². The Morgan fingerprint density at radius 3 is 2.21 bits per heavy atom. The van der Waals surface area contributed by atoms with Crippen molar-refractivity contribution in [2.75, 3.05) is 7.11 Å². The predicted molar refractivity (Wildman–Crippen MR) is 156 cm³/mol. The summed E-state index contributed by atoms with van der Waals surface area (Å²) in [7, 11) is 1.59. The lowest BCUT2D eigenvalue weighted by atomic mass is 9.32. The van der Waals surface area contributed by atoms with Gasteiger partial charge in [0, 0.05) is 11.8 Å². The van der Waals surface area contributed by atoms with Gasteiger partial charge in [0.05, 0.1) is 12.5 Å². The van der Waals surface area contributed by atoms with Crippen LogP contribution in [0.25, 0.3) is 0 Å². The number of allylic oxidation sites excluding steroid dienone is 1. The molecule has 0 heterocycles. The van der Waals surface area contributed by atoms with Gasteiger partial charge in [-0.15, -0.1) is 0 Å². The fourth-order valence-corrected chi connectivity index (χ4v) is 12.3. The van der Waals surface area contributed by atoms with Crippen LogP contribution in [0.15, 0.2) is 12.2 Å². The molecule has 5 aliphatic carbocycles. The molecule has 0 unspecified atom stereocenters. The molecule has 4 nitrogen and oxygen atoms in total. The molecule has 0 radical (unpaired) electrons. The van der Waals surface area contributed by atoms with Gasteiger partial charge in [0.1, 0.15) is 6.10 Å². The van der Waals surface area contributed by atoms with Crippen molar-refractivity contribution in [2.24, 2.45) is 56.7 Å². The Morgan fingerprint density at radius 1 is 0.846 bits per heavy atom. The molecule has 0 aromatic rings. The summed E-state index contributed by atoms with van der Waals surface area (Å²) in [5, 5.41) is 0.